The molecule has 0 atom stereocenters. The predicted molar refractivity (Wildman–Crippen MR) is 213 cm³/mol. The van der Waals surface area contributed by atoms with E-state index in [-0.39, 0.29) is 0 Å². The molecule has 5 heteroatoms. The van der Waals surface area contributed by atoms with E-state index >= 15 is 0 Å². The Morgan fingerprint density at radius 2 is 0.700 bits per heavy atom. The van der Waals surface area contributed by atoms with E-state index in [0.717, 1.165) is 38.9 Å². The van der Waals surface area contributed by atoms with E-state index in [1.54, 1.807) is 22.7 Å². The smallest absolute Gasteiger partial charge is 0.164 e. The standard InChI is InChI=1S/C45H27N3S2/c1-3-13-28(14-4-1)30-25-31(29-15-5-2-6-16-29)27-32(26-30)43-46-44(35-19-11-23-39-41(35)33-17-7-9-21-37(33)49-39)48-45(47-43)36-20-12-24-40-42(36)34-18-8-10-22-38(34)50-40/h1-27H. The first-order chi connectivity index (χ1) is 24.8. The molecule has 0 fully saturated rings. The number of benzene rings is 7. The highest BCUT2D eigenvalue weighted by Gasteiger charge is 2.20. The lowest BCUT2D eigenvalue weighted by Crippen LogP contribution is -2.01. The summed E-state index contributed by atoms with van der Waals surface area (Å²) in [6.45, 7) is 0. The molecular formula is C45H27N3S2. The maximum absolute atomic E-state index is 5.32. The van der Waals surface area contributed by atoms with Gasteiger partial charge in [0.1, 0.15) is 0 Å². The van der Waals surface area contributed by atoms with Crippen molar-refractivity contribution in [1.29, 1.82) is 0 Å². The molecule has 3 heterocycles. The Hall–Kier alpha value is -6.01. The zero-order chi connectivity index (χ0) is 33.0. The molecule has 3 nitrogen and oxygen atoms in total. The van der Waals surface area contributed by atoms with Gasteiger partial charge in [0.15, 0.2) is 17.5 Å². The van der Waals surface area contributed by atoms with Gasteiger partial charge in [-0.05, 0) is 64.7 Å². The summed E-state index contributed by atoms with van der Waals surface area (Å²) in [6.07, 6.45) is 0. The molecule has 0 aliphatic carbocycles. The normalized spacial score (nSPS) is 11.6. The maximum atomic E-state index is 5.32. The van der Waals surface area contributed by atoms with Gasteiger partial charge >= 0.3 is 0 Å². The van der Waals surface area contributed by atoms with Gasteiger partial charge in [-0.2, -0.15) is 0 Å². The molecule has 7 aromatic carbocycles. The minimum Gasteiger partial charge on any atom is -0.208 e. The summed E-state index contributed by atoms with van der Waals surface area (Å²) in [5.41, 5.74) is 7.48. The van der Waals surface area contributed by atoms with Crippen LogP contribution in [0.3, 0.4) is 0 Å². The van der Waals surface area contributed by atoms with E-state index in [1.807, 2.05) is 0 Å². The van der Waals surface area contributed by atoms with Crippen LogP contribution in [0.5, 0.6) is 0 Å². The molecule has 0 aliphatic heterocycles. The number of rotatable bonds is 5. The zero-order valence-electron chi connectivity index (χ0n) is 26.7. The van der Waals surface area contributed by atoms with Gasteiger partial charge in [0, 0.05) is 57.0 Å². The summed E-state index contributed by atoms with van der Waals surface area (Å²) in [7, 11) is 0. The molecular weight excluding hydrogens is 647 g/mol. The largest absolute Gasteiger partial charge is 0.208 e. The van der Waals surface area contributed by atoms with Crippen LogP contribution >= 0.6 is 22.7 Å². The minimum atomic E-state index is 0.646. The third-order valence-corrected chi connectivity index (χ3v) is 11.6. The monoisotopic (exact) mass is 673 g/mol. The SMILES string of the molecule is c1ccc(-c2cc(-c3ccccc3)cc(-c3nc(-c4cccc5sc6ccccc6c45)nc(-c4cccc5sc6ccccc6c45)n3)c2)cc1. The lowest BCUT2D eigenvalue weighted by Gasteiger charge is -2.13. The van der Waals surface area contributed by atoms with Crippen LogP contribution in [-0.4, -0.2) is 15.0 Å². The molecule has 0 saturated carbocycles. The Kier molecular flexibility index (Phi) is 6.86. The van der Waals surface area contributed by atoms with Crippen molar-refractivity contribution in [2.45, 2.75) is 0 Å². The van der Waals surface area contributed by atoms with E-state index in [0.29, 0.717) is 17.5 Å². The Balaban J connectivity index is 1.28. The fourth-order valence-corrected chi connectivity index (χ4v) is 9.28. The van der Waals surface area contributed by atoms with Crippen molar-refractivity contribution in [3.8, 4) is 56.4 Å². The molecule has 0 N–H and O–H groups in total. The summed E-state index contributed by atoms with van der Waals surface area (Å²) in [5, 5.41) is 4.79. The molecule has 50 heavy (non-hydrogen) atoms. The van der Waals surface area contributed by atoms with Crippen LogP contribution < -0.4 is 0 Å². The van der Waals surface area contributed by atoms with Crippen LogP contribution in [0.4, 0.5) is 0 Å². The van der Waals surface area contributed by atoms with Crippen LogP contribution in [0.1, 0.15) is 0 Å². The van der Waals surface area contributed by atoms with Gasteiger partial charge in [-0.1, -0.05) is 121 Å². The number of thiophene rings is 2. The highest BCUT2D eigenvalue weighted by atomic mass is 32.1. The van der Waals surface area contributed by atoms with Gasteiger partial charge < -0.3 is 0 Å². The molecule has 3 aromatic heterocycles. The summed E-state index contributed by atoms with van der Waals surface area (Å²) in [6, 6.07) is 57.9. The Morgan fingerprint density at radius 1 is 0.300 bits per heavy atom. The van der Waals surface area contributed by atoms with E-state index in [9.17, 15) is 0 Å². The van der Waals surface area contributed by atoms with E-state index < -0.39 is 0 Å². The van der Waals surface area contributed by atoms with Gasteiger partial charge in [-0.25, -0.2) is 15.0 Å². The lowest BCUT2D eigenvalue weighted by molar-refractivity contribution is 1.08. The molecule has 10 rings (SSSR count). The third kappa shape index (κ3) is 4.90. The van der Waals surface area contributed by atoms with Crippen molar-refractivity contribution in [2.75, 3.05) is 0 Å². The quantitative estimate of drug-likeness (QED) is 0.182. The second-order valence-corrected chi connectivity index (χ2v) is 14.6. The van der Waals surface area contributed by atoms with Crippen LogP contribution in [-0.2, 0) is 0 Å². The minimum absolute atomic E-state index is 0.646. The van der Waals surface area contributed by atoms with Crippen LogP contribution in [0.15, 0.2) is 164 Å². The Morgan fingerprint density at radius 3 is 1.20 bits per heavy atom. The summed E-state index contributed by atoms with van der Waals surface area (Å²) in [4.78, 5) is 16.0. The first-order valence-corrected chi connectivity index (χ1v) is 18.2. The summed E-state index contributed by atoms with van der Waals surface area (Å²) < 4.78 is 4.94. The number of hydrogen-bond donors (Lipinski definition) is 0. The summed E-state index contributed by atoms with van der Waals surface area (Å²) in [5.74, 6) is 1.98. The van der Waals surface area contributed by atoms with E-state index in [4.69, 9.17) is 15.0 Å². The maximum Gasteiger partial charge on any atom is 0.164 e. The van der Waals surface area contributed by atoms with Crippen LogP contribution in [0, 0.1) is 0 Å². The topological polar surface area (TPSA) is 38.7 Å². The van der Waals surface area contributed by atoms with Gasteiger partial charge in [-0.3, -0.25) is 0 Å². The number of aromatic nitrogens is 3. The predicted octanol–water partition coefficient (Wildman–Crippen LogP) is 12.9. The van der Waals surface area contributed by atoms with E-state index in [1.165, 1.54) is 40.3 Å². The highest BCUT2D eigenvalue weighted by molar-refractivity contribution is 7.26. The highest BCUT2D eigenvalue weighted by Crippen LogP contribution is 2.42. The molecule has 10 aromatic rings. The zero-order valence-corrected chi connectivity index (χ0v) is 28.4. The third-order valence-electron chi connectivity index (χ3n) is 9.33. The van der Waals surface area contributed by atoms with Gasteiger partial charge in [0.2, 0.25) is 0 Å². The molecule has 0 spiro atoms. The summed E-state index contributed by atoms with van der Waals surface area (Å²) >= 11 is 3.61. The Bertz CT molecular complexity index is 2680. The molecule has 0 amide bonds. The van der Waals surface area contributed by atoms with E-state index in [2.05, 4.69) is 164 Å². The van der Waals surface area contributed by atoms with Gasteiger partial charge in [0.25, 0.3) is 0 Å². The number of fused-ring (bicyclic) bond motifs is 6. The van der Waals surface area contributed by atoms with Crippen LogP contribution in [0.25, 0.3) is 96.8 Å². The number of nitrogens with zero attached hydrogens (tertiary/aromatic N) is 3. The van der Waals surface area contributed by atoms with Gasteiger partial charge in [0.05, 0.1) is 0 Å². The fourth-order valence-electron chi connectivity index (χ4n) is 7.02. The van der Waals surface area contributed by atoms with Crippen molar-refractivity contribution in [3.05, 3.63) is 164 Å². The molecule has 0 radical (unpaired) electrons. The first kappa shape index (κ1) is 29.0. The fraction of sp³-hybridized carbons (Fsp3) is 0. The van der Waals surface area contributed by atoms with Crippen molar-refractivity contribution in [1.82, 2.24) is 15.0 Å². The molecule has 0 saturated heterocycles. The number of hydrogen-bond acceptors (Lipinski definition) is 5. The second kappa shape index (κ2) is 11.8. The molecule has 0 aliphatic rings. The first-order valence-electron chi connectivity index (χ1n) is 16.6. The molecule has 0 unspecified atom stereocenters. The van der Waals surface area contributed by atoms with Crippen molar-refractivity contribution in [3.63, 3.8) is 0 Å². The van der Waals surface area contributed by atoms with Gasteiger partial charge in [-0.15, -0.1) is 22.7 Å². The Labute approximate surface area is 296 Å². The second-order valence-electron chi connectivity index (χ2n) is 12.4. The average molecular weight is 674 g/mol. The lowest BCUT2D eigenvalue weighted by atomic mass is 9.95. The van der Waals surface area contributed by atoms with Crippen LogP contribution in [0.2, 0.25) is 0 Å². The van der Waals surface area contributed by atoms with Crippen molar-refractivity contribution in [2.24, 2.45) is 0 Å². The molecule has 0 bridgehead atoms. The van der Waals surface area contributed by atoms with Crippen molar-refractivity contribution < 1.29 is 0 Å². The van der Waals surface area contributed by atoms with Crippen molar-refractivity contribution >= 4 is 63.0 Å². The molecule has 234 valence electrons. The average Bonchev–Trinajstić information content (AvgIpc) is 3.77.